The molecule has 0 rings (SSSR count). The van der Waals surface area contributed by atoms with E-state index in [2.05, 4.69) is 41.5 Å². The van der Waals surface area contributed by atoms with Gasteiger partial charge >= 0.3 is 0 Å². The summed E-state index contributed by atoms with van der Waals surface area (Å²) in [4.78, 5) is 0. The third-order valence-electron chi connectivity index (χ3n) is 6.82. The maximum absolute atomic E-state index is 2.49. The minimum absolute atomic E-state index is 0.880. The van der Waals surface area contributed by atoms with E-state index in [1.165, 1.54) is 116 Å². The van der Waals surface area contributed by atoms with Crippen LogP contribution in [-0.4, -0.2) is 0 Å². The number of rotatable bonds is 21. The first-order chi connectivity index (χ1) is 13.5. The Bertz CT molecular complexity index is 292. The molecule has 0 nitrogen and oxygen atoms in total. The Balaban J connectivity index is 3.43. The molecule has 0 radical (unpaired) electrons. The lowest BCUT2D eigenvalue weighted by Crippen LogP contribution is -2.01. The summed E-state index contributed by atoms with van der Waals surface area (Å²) >= 11 is 0. The maximum atomic E-state index is 2.49. The highest BCUT2D eigenvalue weighted by Gasteiger charge is 2.08. The lowest BCUT2D eigenvalue weighted by atomic mass is 9.90. The molecule has 0 aromatic heterocycles. The molecule has 0 heteroatoms. The van der Waals surface area contributed by atoms with E-state index in [1.54, 1.807) is 0 Å². The van der Waals surface area contributed by atoms with Gasteiger partial charge in [0.25, 0.3) is 0 Å². The number of hydrogen-bond acceptors (Lipinski definition) is 0. The van der Waals surface area contributed by atoms with Gasteiger partial charge in [0.15, 0.2) is 0 Å². The van der Waals surface area contributed by atoms with Crippen LogP contribution in [-0.2, 0) is 0 Å². The van der Waals surface area contributed by atoms with Gasteiger partial charge in [-0.25, -0.2) is 0 Å². The van der Waals surface area contributed by atoms with Crippen LogP contribution in [0.1, 0.15) is 157 Å². The average molecular weight is 395 g/mol. The van der Waals surface area contributed by atoms with Gasteiger partial charge in [0.1, 0.15) is 0 Å². The number of hydrogen-bond donors (Lipinski definition) is 0. The second-order valence-corrected chi connectivity index (χ2v) is 10.8. The second-order valence-electron chi connectivity index (χ2n) is 10.8. The normalized spacial score (nSPS) is 15.1. The predicted octanol–water partition coefficient (Wildman–Crippen LogP) is 10.6. The van der Waals surface area contributed by atoms with Crippen LogP contribution in [0.4, 0.5) is 0 Å². The molecule has 28 heavy (non-hydrogen) atoms. The van der Waals surface area contributed by atoms with Gasteiger partial charge in [0.05, 0.1) is 0 Å². The monoisotopic (exact) mass is 394 g/mol. The molecule has 0 aromatic carbocycles. The third kappa shape index (κ3) is 20.7. The van der Waals surface area contributed by atoms with Crippen molar-refractivity contribution in [2.24, 2.45) is 23.7 Å². The first-order valence-electron chi connectivity index (χ1n) is 13.5. The lowest BCUT2D eigenvalue weighted by Gasteiger charge is -2.16. The minimum atomic E-state index is 0.880. The Labute approximate surface area is 181 Å². The van der Waals surface area contributed by atoms with E-state index >= 15 is 0 Å². The Morgan fingerprint density at radius 3 is 1.07 bits per heavy atom. The zero-order chi connectivity index (χ0) is 21.0. The van der Waals surface area contributed by atoms with Crippen molar-refractivity contribution < 1.29 is 0 Å². The molecule has 3 unspecified atom stereocenters. The van der Waals surface area contributed by atoms with Crippen molar-refractivity contribution in [3.05, 3.63) is 0 Å². The summed E-state index contributed by atoms with van der Waals surface area (Å²) in [6.45, 7) is 14.5. The van der Waals surface area contributed by atoms with Crippen molar-refractivity contribution in [3.63, 3.8) is 0 Å². The van der Waals surface area contributed by atoms with Crippen molar-refractivity contribution in [1.82, 2.24) is 0 Å². The molecule has 0 bridgehead atoms. The molecule has 0 amide bonds. The zero-order valence-corrected chi connectivity index (χ0v) is 21.0. The van der Waals surface area contributed by atoms with Gasteiger partial charge < -0.3 is 0 Å². The summed E-state index contributed by atoms with van der Waals surface area (Å²) in [5.74, 6) is 3.72. The summed E-state index contributed by atoms with van der Waals surface area (Å²) < 4.78 is 0. The molecule has 3 atom stereocenters. The van der Waals surface area contributed by atoms with Gasteiger partial charge in [-0.05, 0) is 23.7 Å². The zero-order valence-electron chi connectivity index (χ0n) is 21.0. The number of unbranched alkanes of at least 4 members (excludes halogenated alkanes) is 7. The molecule has 0 saturated carbocycles. The van der Waals surface area contributed by atoms with Crippen molar-refractivity contribution in [2.45, 2.75) is 157 Å². The second kappa shape index (κ2) is 20.3. The lowest BCUT2D eigenvalue weighted by molar-refractivity contribution is 0.371. The molecular formula is C28H58. The van der Waals surface area contributed by atoms with E-state index in [9.17, 15) is 0 Å². The largest absolute Gasteiger partial charge is 0.0654 e. The molecule has 0 fully saturated rings. The third-order valence-corrected chi connectivity index (χ3v) is 6.82. The Kier molecular flexibility index (Phi) is 20.3. The van der Waals surface area contributed by atoms with Crippen LogP contribution in [0.15, 0.2) is 0 Å². The van der Waals surface area contributed by atoms with Crippen LogP contribution in [0.3, 0.4) is 0 Å². The SMILES string of the molecule is CCCCCCCCCCC(C)CCCC(C)CCCC(C)CCCC(C)C. The molecule has 0 aromatic rings. The topological polar surface area (TPSA) is 0 Å². The van der Waals surface area contributed by atoms with E-state index in [-0.39, 0.29) is 0 Å². The smallest absolute Gasteiger partial charge is 0.0443 e. The highest BCUT2D eigenvalue weighted by Crippen LogP contribution is 2.23. The Morgan fingerprint density at radius 1 is 0.357 bits per heavy atom. The van der Waals surface area contributed by atoms with Crippen LogP contribution in [0, 0.1) is 23.7 Å². The summed E-state index contributed by atoms with van der Waals surface area (Å²) in [7, 11) is 0. The van der Waals surface area contributed by atoms with Crippen LogP contribution >= 0.6 is 0 Å². The standard InChI is InChI=1S/C28H58/c1-7-8-9-10-11-12-13-14-19-26(4)21-16-23-28(6)24-17-22-27(5)20-15-18-25(2)3/h25-28H,7-24H2,1-6H3. The summed E-state index contributed by atoms with van der Waals surface area (Å²) in [5.41, 5.74) is 0. The fourth-order valence-electron chi connectivity index (χ4n) is 4.56. The van der Waals surface area contributed by atoms with Crippen LogP contribution in [0.2, 0.25) is 0 Å². The van der Waals surface area contributed by atoms with E-state index in [4.69, 9.17) is 0 Å². The van der Waals surface area contributed by atoms with Crippen LogP contribution < -0.4 is 0 Å². The molecule has 0 saturated heterocycles. The predicted molar refractivity (Wildman–Crippen MR) is 131 cm³/mol. The van der Waals surface area contributed by atoms with Crippen molar-refractivity contribution in [3.8, 4) is 0 Å². The fraction of sp³-hybridized carbons (Fsp3) is 1.00. The quantitative estimate of drug-likeness (QED) is 0.170. The summed E-state index contributed by atoms with van der Waals surface area (Å²) in [6.07, 6.45) is 26.2. The molecule has 170 valence electrons. The van der Waals surface area contributed by atoms with E-state index < -0.39 is 0 Å². The molecular weight excluding hydrogens is 336 g/mol. The van der Waals surface area contributed by atoms with E-state index in [0.29, 0.717) is 0 Å². The first kappa shape index (κ1) is 28.0. The highest BCUT2D eigenvalue weighted by atomic mass is 14.1. The average Bonchev–Trinajstić information content (AvgIpc) is 2.63. The van der Waals surface area contributed by atoms with Gasteiger partial charge in [-0.2, -0.15) is 0 Å². The molecule has 0 N–H and O–H groups in total. The molecule has 0 aliphatic rings. The van der Waals surface area contributed by atoms with Crippen LogP contribution in [0.5, 0.6) is 0 Å². The molecule has 0 aliphatic heterocycles. The molecule has 0 aliphatic carbocycles. The molecule has 0 heterocycles. The van der Waals surface area contributed by atoms with Gasteiger partial charge in [0, 0.05) is 0 Å². The maximum Gasteiger partial charge on any atom is -0.0443 e. The summed E-state index contributed by atoms with van der Waals surface area (Å²) in [6, 6.07) is 0. The van der Waals surface area contributed by atoms with Gasteiger partial charge in [0.2, 0.25) is 0 Å². The van der Waals surface area contributed by atoms with Gasteiger partial charge in [-0.15, -0.1) is 0 Å². The first-order valence-corrected chi connectivity index (χ1v) is 13.5. The van der Waals surface area contributed by atoms with Gasteiger partial charge in [-0.1, -0.05) is 157 Å². The Morgan fingerprint density at radius 2 is 0.679 bits per heavy atom. The van der Waals surface area contributed by atoms with Gasteiger partial charge in [-0.3, -0.25) is 0 Å². The van der Waals surface area contributed by atoms with Crippen molar-refractivity contribution in [2.75, 3.05) is 0 Å². The van der Waals surface area contributed by atoms with Crippen molar-refractivity contribution >= 4 is 0 Å². The van der Waals surface area contributed by atoms with Crippen molar-refractivity contribution in [1.29, 1.82) is 0 Å². The highest BCUT2D eigenvalue weighted by molar-refractivity contribution is 4.61. The van der Waals surface area contributed by atoms with E-state index in [1.807, 2.05) is 0 Å². The fourth-order valence-corrected chi connectivity index (χ4v) is 4.56. The molecule has 0 spiro atoms. The van der Waals surface area contributed by atoms with E-state index in [0.717, 1.165) is 23.7 Å². The summed E-state index contributed by atoms with van der Waals surface area (Å²) in [5, 5.41) is 0. The minimum Gasteiger partial charge on any atom is -0.0654 e. The van der Waals surface area contributed by atoms with Crippen LogP contribution in [0.25, 0.3) is 0 Å². The Hall–Kier alpha value is 0.